The lowest BCUT2D eigenvalue weighted by Crippen LogP contribution is -2.06. The van der Waals surface area contributed by atoms with Crippen molar-refractivity contribution in [2.24, 2.45) is 0 Å². The molecule has 0 unspecified atom stereocenters. The van der Waals surface area contributed by atoms with E-state index in [2.05, 4.69) is 9.97 Å². The third-order valence-corrected chi connectivity index (χ3v) is 3.07. The third-order valence-electron chi connectivity index (χ3n) is 3.07. The van der Waals surface area contributed by atoms with Crippen LogP contribution in [0.4, 0.5) is 14.7 Å². The fraction of sp³-hybridized carbons (Fsp3) is 0.143. The Morgan fingerprint density at radius 3 is 2.75 bits per heavy atom. The first-order chi connectivity index (χ1) is 9.54. The van der Waals surface area contributed by atoms with Gasteiger partial charge in [0.15, 0.2) is 5.82 Å². The second-order valence-corrected chi connectivity index (χ2v) is 4.58. The van der Waals surface area contributed by atoms with Crippen LogP contribution in [0.25, 0.3) is 11.0 Å². The zero-order valence-corrected chi connectivity index (χ0v) is 10.8. The average molecular weight is 274 g/mol. The summed E-state index contributed by atoms with van der Waals surface area (Å²) in [6.45, 7) is 2.19. The maximum atomic E-state index is 13.7. The molecular formula is C14H12F2N4. The Morgan fingerprint density at radius 2 is 2.00 bits per heavy atom. The van der Waals surface area contributed by atoms with Crippen LogP contribution in [0.3, 0.4) is 0 Å². The van der Waals surface area contributed by atoms with Crippen molar-refractivity contribution < 1.29 is 8.78 Å². The van der Waals surface area contributed by atoms with Crippen molar-refractivity contribution in [2.75, 3.05) is 5.73 Å². The maximum Gasteiger partial charge on any atom is 0.201 e. The number of hydrogen-bond donors (Lipinski definition) is 1. The van der Waals surface area contributed by atoms with E-state index in [1.807, 2.05) is 25.1 Å². The van der Waals surface area contributed by atoms with Crippen LogP contribution in [0.2, 0.25) is 0 Å². The summed E-state index contributed by atoms with van der Waals surface area (Å²) in [5, 5.41) is 0. The van der Waals surface area contributed by atoms with E-state index in [4.69, 9.17) is 5.73 Å². The van der Waals surface area contributed by atoms with Crippen molar-refractivity contribution in [2.45, 2.75) is 13.5 Å². The van der Waals surface area contributed by atoms with Gasteiger partial charge in [-0.3, -0.25) is 4.98 Å². The number of imidazole rings is 1. The van der Waals surface area contributed by atoms with E-state index in [0.717, 1.165) is 17.5 Å². The molecule has 0 spiro atoms. The standard InChI is InChI=1S/C14H12F2N4/c1-8-3-2-4-10(18-8)7-20-12-6-9(15)5-11(16)13(12)19-14(20)17/h2-6H,7H2,1H3,(H2,17,19). The molecule has 20 heavy (non-hydrogen) atoms. The monoisotopic (exact) mass is 274 g/mol. The van der Waals surface area contributed by atoms with Crippen LogP contribution in [0, 0.1) is 18.6 Å². The molecule has 6 heteroatoms. The van der Waals surface area contributed by atoms with E-state index in [1.54, 1.807) is 4.57 Å². The number of aromatic nitrogens is 3. The summed E-state index contributed by atoms with van der Waals surface area (Å²) >= 11 is 0. The van der Waals surface area contributed by atoms with Gasteiger partial charge in [0, 0.05) is 17.8 Å². The zero-order chi connectivity index (χ0) is 14.3. The smallest absolute Gasteiger partial charge is 0.201 e. The van der Waals surface area contributed by atoms with E-state index in [0.29, 0.717) is 12.1 Å². The number of nitrogen functional groups attached to an aromatic ring is 1. The molecule has 3 rings (SSSR count). The maximum absolute atomic E-state index is 13.7. The minimum atomic E-state index is -0.720. The van der Waals surface area contributed by atoms with Gasteiger partial charge in [-0.2, -0.15) is 0 Å². The molecule has 0 aliphatic heterocycles. The molecular weight excluding hydrogens is 262 g/mol. The van der Waals surface area contributed by atoms with Crippen LogP contribution in [0.1, 0.15) is 11.4 Å². The first kappa shape index (κ1) is 12.5. The molecule has 0 fully saturated rings. The molecule has 0 amide bonds. The Kier molecular flexibility index (Phi) is 2.85. The number of pyridine rings is 1. The molecule has 2 N–H and O–H groups in total. The molecule has 102 valence electrons. The molecule has 1 aromatic carbocycles. The summed E-state index contributed by atoms with van der Waals surface area (Å²) in [6.07, 6.45) is 0. The summed E-state index contributed by atoms with van der Waals surface area (Å²) in [5.74, 6) is -1.25. The number of anilines is 1. The number of fused-ring (bicyclic) bond motifs is 1. The Hall–Kier alpha value is -2.50. The number of aryl methyl sites for hydroxylation is 1. The lowest BCUT2D eigenvalue weighted by atomic mass is 10.2. The molecule has 0 bridgehead atoms. The Morgan fingerprint density at radius 1 is 1.20 bits per heavy atom. The summed E-state index contributed by atoms with van der Waals surface area (Å²) in [5.41, 5.74) is 7.80. The van der Waals surface area contributed by atoms with Gasteiger partial charge in [0.25, 0.3) is 0 Å². The average Bonchev–Trinajstić information content (AvgIpc) is 2.68. The van der Waals surface area contributed by atoms with Gasteiger partial charge in [-0.05, 0) is 19.1 Å². The van der Waals surface area contributed by atoms with E-state index in [9.17, 15) is 8.78 Å². The van der Waals surface area contributed by atoms with Crippen molar-refractivity contribution in [3.8, 4) is 0 Å². The van der Waals surface area contributed by atoms with Crippen LogP contribution in [-0.2, 0) is 6.54 Å². The van der Waals surface area contributed by atoms with E-state index >= 15 is 0 Å². The lowest BCUT2D eigenvalue weighted by molar-refractivity contribution is 0.590. The van der Waals surface area contributed by atoms with Crippen LogP contribution < -0.4 is 5.73 Å². The van der Waals surface area contributed by atoms with Crippen LogP contribution in [0.5, 0.6) is 0 Å². The highest BCUT2D eigenvalue weighted by atomic mass is 19.1. The first-order valence-corrected chi connectivity index (χ1v) is 6.08. The van der Waals surface area contributed by atoms with Gasteiger partial charge in [0.05, 0.1) is 17.8 Å². The number of rotatable bonds is 2. The number of halogens is 2. The fourth-order valence-corrected chi connectivity index (χ4v) is 2.18. The summed E-state index contributed by atoms with van der Waals surface area (Å²) < 4.78 is 28.6. The van der Waals surface area contributed by atoms with Crippen LogP contribution in [-0.4, -0.2) is 14.5 Å². The van der Waals surface area contributed by atoms with Crippen molar-refractivity contribution in [1.29, 1.82) is 0 Å². The number of benzene rings is 1. The molecule has 0 atom stereocenters. The Balaban J connectivity index is 2.14. The van der Waals surface area contributed by atoms with E-state index in [1.165, 1.54) is 6.07 Å². The highest BCUT2D eigenvalue weighted by Crippen LogP contribution is 2.23. The highest BCUT2D eigenvalue weighted by Gasteiger charge is 2.14. The quantitative estimate of drug-likeness (QED) is 0.781. The fourth-order valence-electron chi connectivity index (χ4n) is 2.18. The summed E-state index contributed by atoms with van der Waals surface area (Å²) in [6, 6.07) is 7.59. The van der Waals surface area contributed by atoms with Gasteiger partial charge in [0.2, 0.25) is 5.95 Å². The topological polar surface area (TPSA) is 56.7 Å². The highest BCUT2D eigenvalue weighted by molar-refractivity contribution is 5.79. The van der Waals surface area contributed by atoms with Gasteiger partial charge < -0.3 is 10.3 Å². The lowest BCUT2D eigenvalue weighted by Gasteiger charge is -2.06. The molecule has 0 saturated carbocycles. The van der Waals surface area contributed by atoms with Crippen LogP contribution >= 0.6 is 0 Å². The molecule has 0 aliphatic rings. The molecule has 0 radical (unpaired) electrons. The molecule has 4 nitrogen and oxygen atoms in total. The third kappa shape index (κ3) is 2.09. The van der Waals surface area contributed by atoms with Gasteiger partial charge in [-0.1, -0.05) is 6.07 Å². The number of hydrogen-bond acceptors (Lipinski definition) is 3. The molecule has 2 aromatic heterocycles. The van der Waals surface area contributed by atoms with E-state index < -0.39 is 11.6 Å². The Bertz CT molecular complexity index is 795. The van der Waals surface area contributed by atoms with Crippen molar-refractivity contribution in [1.82, 2.24) is 14.5 Å². The minimum absolute atomic E-state index is 0.0663. The number of nitrogens with zero attached hydrogens (tertiary/aromatic N) is 3. The van der Waals surface area contributed by atoms with Gasteiger partial charge in [-0.15, -0.1) is 0 Å². The molecule has 0 aliphatic carbocycles. The van der Waals surface area contributed by atoms with Gasteiger partial charge in [-0.25, -0.2) is 13.8 Å². The summed E-state index contributed by atoms with van der Waals surface area (Å²) in [4.78, 5) is 8.29. The molecule has 2 heterocycles. The molecule has 3 aromatic rings. The van der Waals surface area contributed by atoms with Gasteiger partial charge >= 0.3 is 0 Å². The van der Waals surface area contributed by atoms with Crippen molar-refractivity contribution >= 4 is 17.0 Å². The largest absolute Gasteiger partial charge is 0.369 e. The molecule has 0 saturated heterocycles. The summed E-state index contributed by atoms with van der Waals surface area (Å²) in [7, 11) is 0. The first-order valence-electron chi connectivity index (χ1n) is 6.08. The normalized spacial score (nSPS) is 11.2. The van der Waals surface area contributed by atoms with Crippen molar-refractivity contribution in [3.05, 3.63) is 53.4 Å². The SMILES string of the molecule is Cc1cccc(Cn2c(N)nc3c(F)cc(F)cc32)n1. The van der Waals surface area contributed by atoms with Crippen LogP contribution in [0.15, 0.2) is 30.3 Å². The Labute approximate surface area is 113 Å². The minimum Gasteiger partial charge on any atom is -0.369 e. The second-order valence-electron chi connectivity index (χ2n) is 4.58. The van der Waals surface area contributed by atoms with Crippen molar-refractivity contribution in [3.63, 3.8) is 0 Å². The van der Waals surface area contributed by atoms with Gasteiger partial charge in [0.1, 0.15) is 11.3 Å². The second kappa shape index (κ2) is 4.56. The predicted octanol–water partition coefficient (Wildman–Crippen LogP) is 2.65. The number of nitrogens with two attached hydrogens (primary N) is 1. The van der Waals surface area contributed by atoms with E-state index in [-0.39, 0.29) is 11.5 Å². The predicted molar refractivity (Wildman–Crippen MR) is 72.1 cm³/mol. The zero-order valence-electron chi connectivity index (χ0n) is 10.8.